The fourth-order valence-electron chi connectivity index (χ4n) is 2.80. The maximum Gasteiger partial charge on any atom is 0.0474 e. The minimum atomic E-state index is -0.0370. The van der Waals surface area contributed by atoms with Gasteiger partial charge in [-0.3, -0.25) is 0 Å². The Balaban J connectivity index is 2.11. The fraction of sp³-hybridized carbons (Fsp3) is 0.600. The molecule has 1 aliphatic rings. The minimum absolute atomic E-state index is 0.0370. The van der Waals surface area contributed by atoms with Gasteiger partial charge in [0.2, 0.25) is 0 Å². The lowest BCUT2D eigenvalue weighted by Gasteiger charge is -2.34. The van der Waals surface area contributed by atoms with Crippen molar-refractivity contribution in [3.05, 3.63) is 28.8 Å². The van der Waals surface area contributed by atoms with E-state index in [1.807, 2.05) is 19.1 Å². The summed E-state index contributed by atoms with van der Waals surface area (Å²) in [4.78, 5) is 2.36. The molecule has 2 rings (SSSR count). The first-order valence-electron chi connectivity index (χ1n) is 7.02. The molecule has 1 aromatic rings. The van der Waals surface area contributed by atoms with Gasteiger partial charge in [0.05, 0.1) is 0 Å². The van der Waals surface area contributed by atoms with Crippen LogP contribution in [-0.4, -0.2) is 24.8 Å². The Morgan fingerprint density at radius 2 is 2.32 bits per heavy atom. The van der Waals surface area contributed by atoms with Crippen molar-refractivity contribution < 1.29 is 5.11 Å². The summed E-state index contributed by atoms with van der Waals surface area (Å²) in [6, 6.07) is 6.11. The second-order valence-corrected chi connectivity index (χ2v) is 5.87. The molecule has 2 unspecified atom stereocenters. The van der Waals surface area contributed by atoms with E-state index < -0.39 is 0 Å². The van der Waals surface area contributed by atoms with E-state index in [0.717, 1.165) is 35.8 Å². The number of hydrogen-bond acceptors (Lipinski definition) is 3. The Hall–Kier alpha value is -0.770. The van der Waals surface area contributed by atoms with E-state index in [-0.39, 0.29) is 12.6 Å². The number of nitrogens with two attached hydrogens (primary N) is 1. The zero-order valence-electron chi connectivity index (χ0n) is 11.5. The third-order valence-electron chi connectivity index (χ3n) is 3.90. The van der Waals surface area contributed by atoms with Crippen molar-refractivity contribution in [2.45, 2.75) is 32.2 Å². The highest BCUT2D eigenvalue weighted by Crippen LogP contribution is 2.30. The minimum Gasteiger partial charge on any atom is -0.396 e. The van der Waals surface area contributed by atoms with Crippen LogP contribution in [0.2, 0.25) is 5.02 Å². The van der Waals surface area contributed by atoms with Gasteiger partial charge in [0.15, 0.2) is 0 Å². The van der Waals surface area contributed by atoms with E-state index in [4.69, 9.17) is 22.4 Å². The number of aliphatic hydroxyl groups excluding tert-OH is 1. The molecule has 0 saturated carbocycles. The molecule has 2 atom stereocenters. The summed E-state index contributed by atoms with van der Waals surface area (Å²) in [5.74, 6) is 0.589. The molecule has 1 fully saturated rings. The highest BCUT2D eigenvalue weighted by molar-refractivity contribution is 6.31. The molecular formula is C15H23ClN2O. The lowest BCUT2D eigenvalue weighted by atomic mass is 9.94. The number of anilines is 1. The summed E-state index contributed by atoms with van der Waals surface area (Å²) in [7, 11) is 0. The quantitative estimate of drug-likeness (QED) is 0.893. The normalized spacial score (nSPS) is 21.5. The molecule has 0 radical (unpaired) electrons. The molecule has 0 aromatic heterocycles. The Labute approximate surface area is 120 Å². The first-order valence-corrected chi connectivity index (χ1v) is 7.40. The van der Waals surface area contributed by atoms with Crippen LogP contribution in [0.15, 0.2) is 18.2 Å². The Morgan fingerprint density at radius 1 is 1.53 bits per heavy atom. The molecule has 19 heavy (non-hydrogen) atoms. The molecule has 3 nitrogen and oxygen atoms in total. The molecular weight excluding hydrogens is 260 g/mol. The molecule has 1 aliphatic heterocycles. The number of aliphatic hydroxyl groups is 1. The summed E-state index contributed by atoms with van der Waals surface area (Å²) in [6.07, 6.45) is 3.28. The average Bonchev–Trinajstić information content (AvgIpc) is 2.39. The van der Waals surface area contributed by atoms with Crippen molar-refractivity contribution in [1.82, 2.24) is 0 Å². The van der Waals surface area contributed by atoms with Gasteiger partial charge in [-0.2, -0.15) is 0 Å². The Bertz CT molecular complexity index is 421. The van der Waals surface area contributed by atoms with E-state index in [0.29, 0.717) is 5.92 Å². The van der Waals surface area contributed by atoms with Gasteiger partial charge in [-0.15, -0.1) is 0 Å². The second-order valence-electron chi connectivity index (χ2n) is 5.46. The van der Waals surface area contributed by atoms with Crippen LogP contribution < -0.4 is 10.6 Å². The van der Waals surface area contributed by atoms with Crippen molar-refractivity contribution >= 4 is 17.3 Å². The van der Waals surface area contributed by atoms with Crippen LogP contribution in [0, 0.1) is 5.92 Å². The van der Waals surface area contributed by atoms with Crippen molar-refractivity contribution in [2.24, 2.45) is 11.7 Å². The molecule has 106 valence electrons. The zero-order valence-corrected chi connectivity index (χ0v) is 12.2. The van der Waals surface area contributed by atoms with Crippen LogP contribution in [0.4, 0.5) is 5.69 Å². The van der Waals surface area contributed by atoms with Crippen molar-refractivity contribution in [2.75, 3.05) is 24.6 Å². The van der Waals surface area contributed by atoms with Gasteiger partial charge in [0, 0.05) is 36.4 Å². The van der Waals surface area contributed by atoms with Gasteiger partial charge in [-0.1, -0.05) is 17.7 Å². The maximum absolute atomic E-state index is 9.06. The molecule has 0 aliphatic carbocycles. The third-order valence-corrected chi connectivity index (χ3v) is 4.22. The highest BCUT2D eigenvalue weighted by atomic mass is 35.5. The molecule has 3 N–H and O–H groups in total. The predicted molar refractivity (Wildman–Crippen MR) is 80.7 cm³/mol. The highest BCUT2D eigenvalue weighted by Gasteiger charge is 2.20. The largest absolute Gasteiger partial charge is 0.396 e. The van der Waals surface area contributed by atoms with Crippen LogP contribution in [0.1, 0.15) is 37.8 Å². The number of rotatable bonds is 4. The number of hydrogen-bond donors (Lipinski definition) is 2. The van der Waals surface area contributed by atoms with Crippen LogP contribution >= 0.6 is 11.6 Å². The summed E-state index contributed by atoms with van der Waals surface area (Å²) in [5.41, 5.74) is 8.04. The molecule has 1 saturated heterocycles. The van der Waals surface area contributed by atoms with Crippen molar-refractivity contribution in [3.8, 4) is 0 Å². The smallest absolute Gasteiger partial charge is 0.0474 e. The van der Waals surface area contributed by atoms with E-state index in [1.54, 1.807) is 0 Å². The zero-order chi connectivity index (χ0) is 13.8. The molecule has 0 amide bonds. The molecule has 1 heterocycles. The average molecular weight is 283 g/mol. The van der Waals surface area contributed by atoms with E-state index in [1.165, 1.54) is 12.8 Å². The third kappa shape index (κ3) is 3.62. The predicted octanol–water partition coefficient (Wildman–Crippen LogP) is 2.96. The van der Waals surface area contributed by atoms with Crippen LogP contribution in [-0.2, 0) is 0 Å². The molecule has 1 aromatic carbocycles. The Kier molecular flexibility index (Phi) is 5.08. The van der Waals surface area contributed by atoms with Gasteiger partial charge in [-0.05, 0) is 49.8 Å². The van der Waals surface area contributed by atoms with Crippen LogP contribution in [0.5, 0.6) is 0 Å². The molecule has 0 spiro atoms. The maximum atomic E-state index is 9.06. The number of halogens is 1. The van der Waals surface area contributed by atoms with Crippen molar-refractivity contribution in [1.29, 1.82) is 0 Å². The standard InChI is InChI=1S/C15H23ClN2O/c1-11(17)14-5-4-13(9-15(14)16)18-7-2-3-12(10-18)6-8-19/h4-5,9,11-12,19H,2-3,6-8,10,17H2,1H3. The molecule has 4 heteroatoms. The number of benzene rings is 1. The number of nitrogens with zero attached hydrogens (tertiary/aromatic N) is 1. The summed E-state index contributed by atoms with van der Waals surface area (Å²) < 4.78 is 0. The van der Waals surface area contributed by atoms with Gasteiger partial charge in [0.1, 0.15) is 0 Å². The summed E-state index contributed by atoms with van der Waals surface area (Å²) >= 11 is 6.29. The van der Waals surface area contributed by atoms with Crippen LogP contribution in [0.25, 0.3) is 0 Å². The van der Waals surface area contributed by atoms with Gasteiger partial charge in [0.25, 0.3) is 0 Å². The molecule has 0 bridgehead atoms. The van der Waals surface area contributed by atoms with Gasteiger partial charge >= 0.3 is 0 Å². The summed E-state index contributed by atoms with van der Waals surface area (Å²) in [5, 5.41) is 9.81. The topological polar surface area (TPSA) is 49.5 Å². The van der Waals surface area contributed by atoms with Crippen molar-refractivity contribution in [3.63, 3.8) is 0 Å². The number of piperidine rings is 1. The summed E-state index contributed by atoms with van der Waals surface area (Å²) in [6.45, 7) is 4.30. The van der Waals surface area contributed by atoms with E-state index in [9.17, 15) is 0 Å². The Morgan fingerprint density at radius 3 is 2.95 bits per heavy atom. The van der Waals surface area contributed by atoms with E-state index >= 15 is 0 Å². The lowest BCUT2D eigenvalue weighted by molar-refractivity contribution is 0.244. The first-order chi connectivity index (χ1) is 9.11. The second kappa shape index (κ2) is 6.60. The SMILES string of the molecule is CC(N)c1ccc(N2CCCC(CCO)C2)cc1Cl. The fourth-order valence-corrected chi connectivity index (χ4v) is 3.15. The van der Waals surface area contributed by atoms with Gasteiger partial charge in [-0.25, -0.2) is 0 Å². The lowest BCUT2D eigenvalue weighted by Crippen LogP contribution is -2.35. The first kappa shape index (κ1) is 14.6. The van der Waals surface area contributed by atoms with Gasteiger partial charge < -0.3 is 15.7 Å². The van der Waals surface area contributed by atoms with E-state index in [2.05, 4.69) is 11.0 Å². The monoisotopic (exact) mass is 282 g/mol. The van der Waals surface area contributed by atoms with Crippen LogP contribution in [0.3, 0.4) is 0 Å².